The van der Waals surface area contributed by atoms with Crippen molar-refractivity contribution in [3.8, 4) is 0 Å². The molecule has 1 atom stereocenters. The number of benzene rings is 1. The van der Waals surface area contributed by atoms with E-state index in [0.717, 1.165) is 17.0 Å². The molecule has 0 aromatic heterocycles. The summed E-state index contributed by atoms with van der Waals surface area (Å²) in [6.45, 7) is 1.87. The van der Waals surface area contributed by atoms with Gasteiger partial charge in [0.15, 0.2) is 0 Å². The van der Waals surface area contributed by atoms with Gasteiger partial charge in [-0.2, -0.15) is 0 Å². The van der Waals surface area contributed by atoms with Gasteiger partial charge in [0.2, 0.25) is 5.91 Å². The van der Waals surface area contributed by atoms with Gasteiger partial charge in [0.05, 0.1) is 0 Å². The van der Waals surface area contributed by atoms with Crippen molar-refractivity contribution in [2.75, 3.05) is 5.32 Å². The van der Waals surface area contributed by atoms with E-state index in [2.05, 4.69) is 16.4 Å². The van der Waals surface area contributed by atoms with Gasteiger partial charge in [0.25, 0.3) is 0 Å². The van der Waals surface area contributed by atoms with Crippen LogP contribution in [0, 0.1) is 5.92 Å². The number of fused-ring (bicyclic) bond motifs is 1. The first kappa shape index (κ1) is 11.5. The van der Waals surface area contributed by atoms with Crippen LogP contribution in [0.5, 0.6) is 0 Å². The SMILES string of the molecule is CC1N=C(C2CCCC2)c2ccccc2NC1=O. The maximum absolute atomic E-state index is 11.9. The Morgan fingerprint density at radius 3 is 2.72 bits per heavy atom. The van der Waals surface area contributed by atoms with Crippen molar-refractivity contribution in [3.63, 3.8) is 0 Å². The predicted molar refractivity (Wildman–Crippen MR) is 73.0 cm³/mol. The van der Waals surface area contributed by atoms with Gasteiger partial charge in [-0.15, -0.1) is 0 Å². The highest BCUT2D eigenvalue weighted by Gasteiger charge is 2.28. The number of carbonyl (C=O) groups is 1. The molecule has 0 bridgehead atoms. The first-order chi connectivity index (χ1) is 8.75. The fourth-order valence-corrected chi connectivity index (χ4v) is 2.91. The molecular formula is C15H18N2O. The Balaban J connectivity index is 2.08. The average Bonchev–Trinajstić information content (AvgIpc) is 2.86. The number of amides is 1. The zero-order valence-corrected chi connectivity index (χ0v) is 10.6. The summed E-state index contributed by atoms with van der Waals surface area (Å²) in [6.07, 6.45) is 4.96. The summed E-state index contributed by atoms with van der Waals surface area (Å²) in [7, 11) is 0. The number of nitrogens with zero attached hydrogens (tertiary/aromatic N) is 1. The van der Waals surface area contributed by atoms with Crippen molar-refractivity contribution in [1.82, 2.24) is 0 Å². The molecule has 1 aliphatic heterocycles. The lowest BCUT2D eigenvalue weighted by atomic mass is 9.94. The molecule has 3 nitrogen and oxygen atoms in total. The molecule has 1 unspecified atom stereocenters. The molecule has 94 valence electrons. The average molecular weight is 242 g/mol. The van der Waals surface area contributed by atoms with Gasteiger partial charge in [-0.05, 0) is 25.8 Å². The minimum atomic E-state index is -0.284. The van der Waals surface area contributed by atoms with Gasteiger partial charge in [-0.1, -0.05) is 31.0 Å². The molecule has 1 fully saturated rings. The van der Waals surface area contributed by atoms with E-state index < -0.39 is 0 Å². The summed E-state index contributed by atoms with van der Waals surface area (Å²) in [5.41, 5.74) is 3.16. The fraction of sp³-hybridized carbons (Fsp3) is 0.467. The zero-order valence-electron chi connectivity index (χ0n) is 10.6. The highest BCUT2D eigenvalue weighted by atomic mass is 16.2. The number of hydrogen-bond donors (Lipinski definition) is 1. The van der Waals surface area contributed by atoms with Crippen molar-refractivity contribution in [2.45, 2.75) is 38.6 Å². The second-order valence-electron chi connectivity index (χ2n) is 5.21. The van der Waals surface area contributed by atoms with E-state index in [4.69, 9.17) is 0 Å². The quantitative estimate of drug-likeness (QED) is 0.808. The summed E-state index contributed by atoms with van der Waals surface area (Å²) in [6, 6.07) is 7.74. The van der Waals surface area contributed by atoms with Crippen molar-refractivity contribution >= 4 is 17.3 Å². The van der Waals surface area contributed by atoms with Crippen LogP contribution in [0.2, 0.25) is 0 Å². The van der Waals surface area contributed by atoms with Crippen molar-refractivity contribution in [3.05, 3.63) is 29.8 Å². The summed E-state index contributed by atoms with van der Waals surface area (Å²) in [5, 5.41) is 2.97. The van der Waals surface area contributed by atoms with Gasteiger partial charge in [0, 0.05) is 22.9 Å². The Morgan fingerprint density at radius 2 is 1.94 bits per heavy atom. The van der Waals surface area contributed by atoms with Gasteiger partial charge >= 0.3 is 0 Å². The second-order valence-corrected chi connectivity index (χ2v) is 5.21. The van der Waals surface area contributed by atoms with E-state index in [1.54, 1.807) is 0 Å². The number of rotatable bonds is 1. The maximum Gasteiger partial charge on any atom is 0.248 e. The molecule has 1 aliphatic carbocycles. The molecule has 0 spiro atoms. The Morgan fingerprint density at radius 1 is 1.22 bits per heavy atom. The topological polar surface area (TPSA) is 41.5 Å². The Hall–Kier alpha value is -1.64. The van der Waals surface area contributed by atoms with E-state index in [1.165, 1.54) is 25.7 Å². The largest absolute Gasteiger partial charge is 0.324 e. The predicted octanol–water partition coefficient (Wildman–Crippen LogP) is 3.01. The van der Waals surface area contributed by atoms with Gasteiger partial charge in [0.1, 0.15) is 6.04 Å². The minimum Gasteiger partial charge on any atom is -0.324 e. The summed E-state index contributed by atoms with van der Waals surface area (Å²) < 4.78 is 0. The molecular weight excluding hydrogens is 224 g/mol. The van der Waals surface area contributed by atoms with E-state index in [9.17, 15) is 4.79 Å². The lowest BCUT2D eigenvalue weighted by molar-refractivity contribution is -0.116. The van der Waals surface area contributed by atoms with Crippen LogP contribution in [-0.4, -0.2) is 17.7 Å². The van der Waals surface area contributed by atoms with Gasteiger partial charge < -0.3 is 5.32 Å². The van der Waals surface area contributed by atoms with Crippen LogP contribution in [-0.2, 0) is 4.79 Å². The molecule has 1 aromatic carbocycles. The van der Waals surface area contributed by atoms with E-state index in [0.29, 0.717) is 5.92 Å². The monoisotopic (exact) mass is 242 g/mol. The van der Waals surface area contributed by atoms with Crippen molar-refractivity contribution in [2.24, 2.45) is 10.9 Å². The summed E-state index contributed by atoms with van der Waals surface area (Å²) in [5.74, 6) is 0.525. The molecule has 0 radical (unpaired) electrons. The Bertz CT molecular complexity index is 501. The summed E-state index contributed by atoms with van der Waals surface area (Å²) in [4.78, 5) is 16.6. The van der Waals surface area contributed by atoms with Crippen LogP contribution in [0.3, 0.4) is 0 Å². The van der Waals surface area contributed by atoms with Crippen LogP contribution in [0.1, 0.15) is 38.2 Å². The van der Waals surface area contributed by atoms with Gasteiger partial charge in [-0.3, -0.25) is 9.79 Å². The summed E-state index contributed by atoms with van der Waals surface area (Å²) >= 11 is 0. The number of para-hydroxylation sites is 1. The molecule has 0 saturated heterocycles. The highest BCUT2D eigenvalue weighted by molar-refractivity contribution is 6.12. The number of benzodiazepines with no additional fused rings is 1. The lowest BCUT2D eigenvalue weighted by Gasteiger charge is -2.14. The second kappa shape index (κ2) is 4.56. The van der Waals surface area contributed by atoms with E-state index in [-0.39, 0.29) is 11.9 Å². The van der Waals surface area contributed by atoms with Crippen molar-refractivity contribution in [1.29, 1.82) is 0 Å². The molecule has 2 aliphatic rings. The van der Waals surface area contributed by atoms with Crippen LogP contribution in [0.15, 0.2) is 29.3 Å². The maximum atomic E-state index is 11.9. The van der Waals surface area contributed by atoms with Crippen LogP contribution in [0.25, 0.3) is 0 Å². The van der Waals surface area contributed by atoms with Crippen LogP contribution in [0.4, 0.5) is 5.69 Å². The van der Waals surface area contributed by atoms with E-state index in [1.807, 2.05) is 25.1 Å². The molecule has 1 amide bonds. The third-order valence-electron chi connectivity index (χ3n) is 3.91. The normalized spacial score (nSPS) is 24.2. The number of anilines is 1. The molecule has 1 saturated carbocycles. The third-order valence-corrected chi connectivity index (χ3v) is 3.91. The van der Waals surface area contributed by atoms with E-state index >= 15 is 0 Å². The molecule has 3 heteroatoms. The lowest BCUT2D eigenvalue weighted by Crippen LogP contribution is -2.22. The smallest absolute Gasteiger partial charge is 0.248 e. The Labute approximate surface area is 107 Å². The van der Waals surface area contributed by atoms with Crippen LogP contribution < -0.4 is 5.32 Å². The standard InChI is InChI=1S/C15H18N2O/c1-10-15(18)17-13-9-5-4-8-12(13)14(16-10)11-6-2-3-7-11/h4-5,8-11H,2-3,6-7H2,1H3,(H,17,18). The number of nitrogens with one attached hydrogen (secondary N) is 1. The van der Waals surface area contributed by atoms with Gasteiger partial charge in [-0.25, -0.2) is 0 Å². The number of aliphatic imine (C=N–C) groups is 1. The number of hydrogen-bond acceptors (Lipinski definition) is 2. The molecule has 18 heavy (non-hydrogen) atoms. The molecule has 3 rings (SSSR count). The highest BCUT2D eigenvalue weighted by Crippen LogP contribution is 2.32. The third kappa shape index (κ3) is 1.94. The number of carbonyl (C=O) groups excluding carboxylic acids is 1. The molecule has 1 heterocycles. The molecule has 1 aromatic rings. The van der Waals surface area contributed by atoms with Crippen molar-refractivity contribution < 1.29 is 4.79 Å². The minimum absolute atomic E-state index is 0.00422. The fourth-order valence-electron chi connectivity index (χ4n) is 2.91. The van der Waals surface area contributed by atoms with Crippen LogP contribution >= 0.6 is 0 Å². The first-order valence-electron chi connectivity index (χ1n) is 6.73. The zero-order chi connectivity index (χ0) is 12.5. The first-order valence-corrected chi connectivity index (χ1v) is 6.73. The Kier molecular flexibility index (Phi) is 2.90. The molecule has 1 N–H and O–H groups in total.